The molecule has 6 nitrogen and oxygen atoms in total. The van der Waals surface area contributed by atoms with Gasteiger partial charge in [-0.05, 0) is 42.8 Å². The molecule has 2 aromatic carbocycles. The molecule has 126 valence electrons. The Hall–Kier alpha value is -3.33. The number of hydrogen-bond acceptors (Lipinski definition) is 5. The third-order valence-electron chi connectivity index (χ3n) is 3.98. The van der Waals surface area contributed by atoms with Crippen LogP contribution in [0.15, 0.2) is 48.5 Å². The number of nitrogens with zero attached hydrogens (tertiary/aromatic N) is 1. The second kappa shape index (κ2) is 6.65. The van der Waals surface area contributed by atoms with Crippen LogP contribution in [0.1, 0.15) is 22.8 Å². The molecule has 1 aliphatic rings. The van der Waals surface area contributed by atoms with Crippen LogP contribution in [-0.2, 0) is 16.0 Å². The number of nitrogens with one attached hydrogen (secondary N) is 1. The molecule has 0 saturated carbocycles. The minimum Gasteiger partial charge on any atom is -0.479 e. The first-order valence-corrected chi connectivity index (χ1v) is 7.74. The molecule has 1 amide bonds. The van der Waals surface area contributed by atoms with Crippen LogP contribution in [0, 0.1) is 11.3 Å². The minimum atomic E-state index is -1.28. The molecule has 0 bridgehead atoms. The predicted octanol–water partition coefficient (Wildman–Crippen LogP) is 2.70. The summed E-state index contributed by atoms with van der Waals surface area (Å²) < 4.78 is 10.6. The standard InChI is InChI=1S/C19H16N2O4/c1-19(12-13-4-2-3-5-16(13)17(22)25-19)18(23)21-14-6-8-15(9-7-14)24-11-10-20/h2-9H,11-12H2,1H3,(H,21,23). The van der Waals surface area contributed by atoms with Crippen LogP contribution >= 0.6 is 0 Å². The van der Waals surface area contributed by atoms with Crippen LogP contribution in [0.4, 0.5) is 5.69 Å². The van der Waals surface area contributed by atoms with Gasteiger partial charge in [0.1, 0.15) is 11.8 Å². The molecule has 0 aliphatic carbocycles. The van der Waals surface area contributed by atoms with E-state index < -0.39 is 17.5 Å². The van der Waals surface area contributed by atoms with Crippen LogP contribution < -0.4 is 10.1 Å². The molecule has 0 fully saturated rings. The highest BCUT2D eigenvalue weighted by Crippen LogP contribution is 2.29. The van der Waals surface area contributed by atoms with E-state index in [1.165, 1.54) is 0 Å². The lowest BCUT2D eigenvalue weighted by Crippen LogP contribution is -2.48. The van der Waals surface area contributed by atoms with Crippen LogP contribution in [0.2, 0.25) is 0 Å². The Morgan fingerprint density at radius 2 is 2.00 bits per heavy atom. The van der Waals surface area contributed by atoms with Gasteiger partial charge < -0.3 is 14.8 Å². The molecule has 0 spiro atoms. The van der Waals surface area contributed by atoms with E-state index in [1.54, 1.807) is 43.3 Å². The Kier molecular flexibility index (Phi) is 4.40. The third kappa shape index (κ3) is 3.45. The number of nitriles is 1. The molecule has 1 unspecified atom stereocenters. The molecule has 1 aliphatic heterocycles. The SMILES string of the molecule is CC1(C(=O)Nc2ccc(OCC#N)cc2)Cc2ccccc2C(=O)O1. The highest BCUT2D eigenvalue weighted by Gasteiger charge is 2.42. The van der Waals surface area contributed by atoms with Crippen molar-refractivity contribution in [3.8, 4) is 11.8 Å². The second-order valence-corrected chi connectivity index (χ2v) is 5.88. The second-order valence-electron chi connectivity index (χ2n) is 5.88. The fraction of sp³-hybridized carbons (Fsp3) is 0.211. The maximum atomic E-state index is 12.6. The van der Waals surface area contributed by atoms with Crippen molar-refractivity contribution in [3.05, 3.63) is 59.7 Å². The van der Waals surface area contributed by atoms with E-state index in [2.05, 4.69) is 5.32 Å². The van der Waals surface area contributed by atoms with Gasteiger partial charge in [-0.15, -0.1) is 0 Å². The fourth-order valence-corrected chi connectivity index (χ4v) is 2.67. The number of fused-ring (bicyclic) bond motifs is 1. The summed E-state index contributed by atoms with van der Waals surface area (Å²) in [5, 5.41) is 11.2. The van der Waals surface area contributed by atoms with Crippen LogP contribution in [0.25, 0.3) is 0 Å². The van der Waals surface area contributed by atoms with Crippen molar-refractivity contribution in [2.24, 2.45) is 0 Å². The van der Waals surface area contributed by atoms with Crippen molar-refractivity contribution in [2.45, 2.75) is 18.9 Å². The summed E-state index contributed by atoms with van der Waals surface area (Å²) >= 11 is 0. The van der Waals surface area contributed by atoms with E-state index in [0.717, 1.165) is 5.56 Å². The van der Waals surface area contributed by atoms with Crippen molar-refractivity contribution >= 4 is 17.6 Å². The molecule has 6 heteroatoms. The van der Waals surface area contributed by atoms with E-state index in [4.69, 9.17) is 14.7 Å². The number of carbonyl (C=O) groups is 2. The number of esters is 1. The average molecular weight is 336 g/mol. The van der Waals surface area contributed by atoms with E-state index in [0.29, 0.717) is 23.4 Å². The maximum Gasteiger partial charge on any atom is 0.339 e. The Bertz CT molecular complexity index is 854. The fourth-order valence-electron chi connectivity index (χ4n) is 2.67. The third-order valence-corrected chi connectivity index (χ3v) is 3.98. The topological polar surface area (TPSA) is 88.4 Å². The van der Waals surface area contributed by atoms with Crippen LogP contribution in [0.5, 0.6) is 5.75 Å². The van der Waals surface area contributed by atoms with Gasteiger partial charge in [-0.1, -0.05) is 18.2 Å². The first kappa shape index (κ1) is 16.5. The summed E-state index contributed by atoms with van der Waals surface area (Å²) in [5.74, 6) is -0.371. The smallest absolute Gasteiger partial charge is 0.339 e. The Morgan fingerprint density at radius 1 is 1.28 bits per heavy atom. The van der Waals surface area contributed by atoms with E-state index >= 15 is 0 Å². The maximum absolute atomic E-state index is 12.6. The van der Waals surface area contributed by atoms with Crippen molar-refractivity contribution < 1.29 is 19.1 Å². The lowest BCUT2D eigenvalue weighted by molar-refractivity contribution is -0.134. The summed E-state index contributed by atoms with van der Waals surface area (Å²) in [6, 6.07) is 15.6. The molecule has 1 heterocycles. The van der Waals surface area contributed by atoms with Gasteiger partial charge in [-0.25, -0.2) is 4.79 Å². The van der Waals surface area contributed by atoms with Crippen molar-refractivity contribution in [2.75, 3.05) is 11.9 Å². The van der Waals surface area contributed by atoms with Gasteiger partial charge in [0.05, 0.1) is 5.56 Å². The zero-order chi connectivity index (χ0) is 17.9. The summed E-state index contributed by atoms with van der Waals surface area (Å²) in [5.41, 5.74) is 0.551. The number of ether oxygens (including phenoxy) is 2. The number of cyclic esters (lactones) is 1. The molecular weight excluding hydrogens is 320 g/mol. The Morgan fingerprint density at radius 3 is 2.72 bits per heavy atom. The molecule has 0 radical (unpaired) electrons. The van der Waals surface area contributed by atoms with Crippen molar-refractivity contribution in [1.29, 1.82) is 5.26 Å². The van der Waals surface area contributed by atoms with Crippen molar-refractivity contribution in [3.63, 3.8) is 0 Å². The monoisotopic (exact) mass is 336 g/mol. The lowest BCUT2D eigenvalue weighted by atomic mass is 9.89. The minimum absolute atomic E-state index is 0.0425. The summed E-state index contributed by atoms with van der Waals surface area (Å²) in [4.78, 5) is 24.8. The normalized spacial score (nSPS) is 18.5. The molecule has 2 aromatic rings. The van der Waals surface area contributed by atoms with Gasteiger partial charge in [0.15, 0.2) is 12.2 Å². The first-order valence-electron chi connectivity index (χ1n) is 7.74. The zero-order valence-corrected chi connectivity index (χ0v) is 13.6. The predicted molar refractivity (Wildman–Crippen MR) is 90.1 cm³/mol. The number of carbonyl (C=O) groups excluding carboxylic acids is 2. The highest BCUT2D eigenvalue weighted by atomic mass is 16.6. The van der Waals surface area contributed by atoms with E-state index in [-0.39, 0.29) is 6.61 Å². The van der Waals surface area contributed by atoms with Gasteiger partial charge in [-0.2, -0.15) is 5.26 Å². The highest BCUT2D eigenvalue weighted by molar-refractivity contribution is 6.02. The number of benzene rings is 2. The molecule has 0 aromatic heterocycles. The molecule has 25 heavy (non-hydrogen) atoms. The van der Waals surface area contributed by atoms with Gasteiger partial charge in [0.2, 0.25) is 0 Å². The summed E-state index contributed by atoms with van der Waals surface area (Å²) in [6.07, 6.45) is 0.310. The van der Waals surface area contributed by atoms with Crippen molar-refractivity contribution in [1.82, 2.24) is 0 Å². The van der Waals surface area contributed by atoms with Gasteiger partial charge in [-0.3, -0.25) is 4.79 Å². The summed E-state index contributed by atoms with van der Waals surface area (Å²) in [6.45, 7) is 1.56. The molecule has 0 saturated heterocycles. The number of amides is 1. The van der Waals surface area contributed by atoms with Crippen LogP contribution in [0.3, 0.4) is 0 Å². The first-order chi connectivity index (χ1) is 12.0. The zero-order valence-electron chi connectivity index (χ0n) is 13.6. The average Bonchev–Trinajstić information content (AvgIpc) is 2.61. The van der Waals surface area contributed by atoms with E-state index in [1.807, 2.05) is 18.2 Å². The Labute approximate surface area is 145 Å². The van der Waals surface area contributed by atoms with Gasteiger partial charge >= 0.3 is 5.97 Å². The quantitative estimate of drug-likeness (QED) is 0.867. The molecular formula is C19H16N2O4. The van der Waals surface area contributed by atoms with Crippen LogP contribution in [-0.4, -0.2) is 24.1 Å². The Balaban J connectivity index is 1.73. The molecule has 1 atom stereocenters. The largest absolute Gasteiger partial charge is 0.479 e. The summed E-state index contributed by atoms with van der Waals surface area (Å²) in [7, 11) is 0. The van der Waals surface area contributed by atoms with Gasteiger partial charge in [0.25, 0.3) is 5.91 Å². The molecule has 1 N–H and O–H groups in total. The number of rotatable bonds is 4. The molecule has 3 rings (SSSR count). The number of anilines is 1. The van der Waals surface area contributed by atoms with Gasteiger partial charge in [0, 0.05) is 12.1 Å². The van der Waals surface area contributed by atoms with E-state index in [9.17, 15) is 9.59 Å². The number of hydrogen-bond donors (Lipinski definition) is 1. The lowest BCUT2D eigenvalue weighted by Gasteiger charge is -2.33.